The summed E-state index contributed by atoms with van der Waals surface area (Å²) in [5.41, 5.74) is 4.47. The standard InChI is InChI=1S/C13H10O/c14-13-7-3-6-11-10-5-2-1-4-9(10)8-12(11)13/h1-2,4-6,8H,3,7H2. The predicted molar refractivity (Wildman–Crippen MR) is 56.6 cm³/mol. The normalized spacial score (nSPS) is 18.4. The molecule has 2 aliphatic rings. The number of Topliss-reactive ketones (excluding diaryl/α,β-unsaturated/α-hetero) is 1. The molecular weight excluding hydrogens is 172 g/mol. The average Bonchev–Trinajstić information content (AvgIpc) is 2.59. The molecule has 0 bridgehead atoms. The van der Waals surface area contributed by atoms with Crippen molar-refractivity contribution in [1.29, 1.82) is 0 Å². The molecule has 0 aromatic heterocycles. The predicted octanol–water partition coefficient (Wildman–Crippen LogP) is 2.83. The Morgan fingerprint density at radius 3 is 2.86 bits per heavy atom. The van der Waals surface area contributed by atoms with Gasteiger partial charge in [0.1, 0.15) is 0 Å². The molecule has 0 heterocycles. The molecule has 0 amide bonds. The monoisotopic (exact) mass is 182 g/mol. The van der Waals surface area contributed by atoms with Crippen LogP contribution >= 0.6 is 0 Å². The molecule has 0 radical (unpaired) electrons. The highest BCUT2D eigenvalue weighted by Crippen LogP contribution is 2.38. The molecule has 2 aliphatic carbocycles. The van der Waals surface area contributed by atoms with Gasteiger partial charge in [-0.15, -0.1) is 0 Å². The highest BCUT2D eigenvalue weighted by molar-refractivity contribution is 6.18. The Balaban J connectivity index is 2.25. The summed E-state index contributed by atoms with van der Waals surface area (Å²) in [7, 11) is 0. The van der Waals surface area contributed by atoms with Crippen LogP contribution < -0.4 is 0 Å². The molecule has 3 rings (SSSR count). The maximum absolute atomic E-state index is 11.6. The number of fused-ring (bicyclic) bond motifs is 3. The van der Waals surface area contributed by atoms with Crippen LogP contribution in [-0.4, -0.2) is 5.78 Å². The van der Waals surface area contributed by atoms with Crippen molar-refractivity contribution in [2.24, 2.45) is 0 Å². The van der Waals surface area contributed by atoms with Crippen LogP contribution in [-0.2, 0) is 4.79 Å². The molecule has 0 fully saturated rings. The number of ketones is 1. The first-order valence-electron chi connectivity index (χ1n) is 4.91. The van der Waals surface area contributed by atoms with Gasteiger partial charge in [0, 0.05) is 12.0 Å². The number of rotatable bonds is 0. The largest absolute Gasteiger partial charge is 0.294 e. The summed E-state index contributed by atoms with van der Waals surface area (Å²) in [6.07, 6.45) is 5.75. The minimum absolute atomic E-state index is 0.290. The van der Waals surface area contributed by atoms with Crippen LogP contribution in [0, 0.1) is 0 Å². The van der Waals surface area contributed by atoms with E-state index in [0.29, 0.717) is 12.2 Å². The highest BCUT2D eigenvalue weighted by Gasteiger charge is 2.25. The van der Waals surface area contributed by atoms with Crippen LogP contribution in [0.5, 0.6) is 0 Å². The highest BCUT2D eigenvalue weighted by atomic mass is 16.1. The summed E-state index contributed by atoms with van der Waals surface area (Å²) in [6, 6.07) is 8.19. The van der Waals surface area contributed by atoms with Crippen molar-refractivity contribution in [2.75, 3.05) is 0 Å². The number of carbonyl (C=O) groups is 1. The summed E-state index contributed by atoms with van der Waals surface area (Å²) in [5, 5.41) is 0. The Kier molecular flexibility index (Phi) is 1.48. The van der Waals surface area contributed by atoms with Crippen LogP contribution in [0.25, 0.3) is 11.6 Å². The van der Waals surface area contributed by atoms with E-state index in [0.717, 1.165) is 17.6 Å². The first kappa shape index (κ1) is 7.74. The zero-order valence-electron chi connectivity index (χ0n) is 7.79. The van der Waals surface area contributed by atoms with Crippen molar-refractivity contribution in [3.8, 4) is 0 Å². The van der Waals surface area contributed by atoms with Gasteiger partial charge in [0.15, 0.2) is 5.78 Å². The Hall–Kier alpha value is -1.63. The van der Waals surface area contributed by atoms with Crippen LogP contribution in [0.1, 0.15) is 24.0 Å². The Bertz CT molecular complexity index is 478. The molecule has 0 N–H and O–H groups in total. The molecule has 0 atom stereocenters. The minimum atomic E-state index is 0.290. The van der Waals surface area contributed by atoms with Crippen LogP contribution in [0.2, 0.25) is 0 Å². The lowest BCUT2D eigenvalue weighted by molar-refractivity contribution is -0.115. The Labute approximate surface area is 82.8 Å². The molecule has 0 aliphatic heterocycles. The second-order valence-corrected chi connectivity index (χ2v) is 3.72. The molecule has 1 aromatic rings. The molecule has 0 saturated heterocycles. The molecule has 1 aromatic carbocycles. The van der Waals surface area contributed by atoms with Crippen molar-refractivity contribution < 1.29 is 4.79 Å². The molecule has 1 heteroatoms. The summed E-state index contributed by atoms with van der Waals surface area (Å²) in [6.45, 7) is 0. The third-order valence-corrected chi connectivity index (χ3v) is 2.86. The molecule has 0 unspecified atom stereocenters. The second kappa shape index (κ2) is 2.68. The van der Waals surface area contributed by atoms with Gasteiger partial charge in [-0.1, -0.05) is 30.3 Å². The molecule has 14 heavy (non-hydrogen) atoms. The first-order chi connectivity index (χ1) is 6.86. The van der Waals surface area contributed by atoms with E-state index in [1.165, 1.54) is 11.1 Å². The van der Waals surface area contributed by atoms with Gasteiger partial charge in [-0.05, 0) is 29.2 Å². The number of hydrogen-bond donors (Lipinski definition) is 0. The fourth-order valence-corrected chi connectivity index (χ4v) is 2.18. The van der Waals surface area contributed by atoms with E-state index in [9.17, 15) is 4.79 Å². The lowest BCUT2D eigenvalue weighted by atomic mass is 9.92. The maximum Gasteiger partial charge on any atom is 0.163 e. The fraction of sp³-hybridized carbons (Fsp3) is 0.154. The lowest BCUT2D eigenvalue weighted by Crippen LogP contribution is -2.05. The number of hydrogen-bond acceptors (Lipinski definition) is 1. The van der Waals surface area contributed by atoms with Crippen LogP contribution in [0.3, 0.4) is 0 Å². The van der Waals surface area contributed by atoms with E-state index in [1.54, 1.807) is 0 Å². The van der Waals surface area contributed by atoms with Gasteiger partial charge in [0.2, 0.25) is 0 Å². The van der Waals surface area contributed by atoms with Crippen LogP contribution in [0.15, 0.2) is 35.9 Å². The van der Waals surface area contributed by atoms with E-state index in [4.69, 9.17) is 0 Å². The fourth-order valence-electron chi connectivity index (χ4n) is 2.18. The van der Waals surface area contributed by atoms with E-state index in [2.05, 4.69) is 18.2 Å². The van der Waals surface area contributed by atoms with Gasteiger partial charge in [0.05, 0.1) is 0 Å². The zero-order chi connectivity index (χ0) is 9.54. The number of carbonyl (C=O) groups excluding carboxylic acids is 1. The van der Waals surface area contributed by atoms with E-state index < -0.39 is 0 Å². The first-order valence-corrected chi connectivity index (χ1v) is 4.91. The SMILES string of the molecule is O=C1CCC=C2C1=Cc1ccccc12. The number of allylic oxidation sites excluding steroid dienone is 3. The molecule has 1 nitrogen and oxygen atoms in total. The summed E-state index contributed by atoms with van der Waals surface area (Å²) < 4.78 is 0. The van der Waals surface area contributed by atoms with Gasteiger partial charge < -0.3 is 0 Å². The quantitative estimate of drug-likeness (QED) is 0.603. The van der Waals surface area contributed by atoms with Crippen molar-refractivity contribution >= 4 is 17.4 Å². The Morgan fingerprint density at radius 1 is 1.07 bits per heavy atom. The molecule has 68 valence electrons. The topological polar surface area (TPSA) is 17.1 Å². The van der Waals surface area contributed by atoms with Crippen molar-refractivity contribution in [3.05, 3.63) is 47.0 Å². The van der Waals surface area contributed by atoms with Gasteiger partial charge in [-0.3, -0.25) is 4.79 Å². The zero-order valence-corrected chi connectivity index (χ0v) is 7.79. The maximum atomic E-state index is 11.6. The van der Waals surface area contributed by atoms with Crippen LogP contribution in [0.4, 0.5) is 0 Å². The summed E-state index contributed by atoms with van der Waals surface area (Å²) >= 11 is 0. The second-order valence-electron chi connectivity index (χ2n) is 3.72. The molecular formula is C13H10O. The van der Waals surface area contributed by atoms with Crippen molar-refractivity contribution in [2.45, 2.75) is 12.8 Å². The van der Waals surface area contributed by atoms with Gasteiger partial charge in [-0.25, -0.2) is 0 Å². The smallest absolute Gasteiger partial charge is 0.163 e. The number of benzene rings is 1. The van der Waals surface area contributed by atoms with Gasteiger partial charge >= 0.3 is 0 Å². The third-order valence-electron chi connectivity index (χ3n) is 2.86. The lowest BCUT2D eigenvalue weighted by Gasteiger charge is -2.10. The molecule has 0 saturated carbocycles. The van der Waals surface area contributed by atoms with E-state index in [-0.39, 0.29) is 0 Å². The van der Waals surface area contributed by atoms with E-state index >= 15 is 0 Å². The minimum Gasteiger partial charge on any atom is -0.294 e. The van der Waals surface area contributed by atoms with Crippen molar-refractivity contribution in [1.82, 2.24) is 0 Å². The van der Waals surface area contributed by atoms with Crippen molar-refractivity contribution in [3.63, 3.8) is 0 Å². The summed E-state index contributed by atoms with van der Waals surface area (Å²) in [4.78, 5) is 11.6. The van der Waals surface area contributed by atoms with Gasteiger partial charge in [-0.2, -0.15) is 0 Å². The van der Waals surface area contributed by atoms with Gasteiger partial charge in [0.25, 0.3) is 0 Å². The molecule has 0 spiro atoms. The Morgan fingerprint density at radius 2 is 1.93 bits per heavy atom. The summed E-state index contributed by atoms with van der Waals surface area (Å²) in [5.74, 6) is 0.290. The van der Waals surface area contributed by atoms with E-state index in [1.807, 2.05) is 18.2 Å². The third kappa shape index (κ3) is 0.925. The average molecular weight is 182 g/mol.